The molecule has 1 saturated heterocycles. The van der Waals surface area contributed by atoms with Crippen LogP contribution in [-0.2, 0) is 17.6 Å². The Balaban J connectivity index is 1.72. The molecular weight excluding hydrogens is 292 g/mol. The lowest BCUT2D eigenvalue weighted by Gasteiger charge is -2.19. The Morgan fingerprint density at radius 2 is 2.11 bits per heavy atom. The van der Waals surface area contributed by atoms with E-state index in [2.05, 4.69) is 34.1 Å². The average Bonchev–Trinajstić information content (AvgIpc) is 2.93. The fourth-order valence-electron chi connectivity index (χ4n) is 3.01. The molecule has 1 amide bonds. The molecule has 18 heavy (non-hydrogen) atoms. The first-order valence-electron chi connectivity index (χ1n) is 6.45. The number of fused-ring (bicyclic) bond motifs is 1. The summed E-state index contributed by atoms with van der Waals surface area (Å²) < 4.78 is 1.09. The lowest BCUT2D eigenvalue weighted by molar-refractivity contribution is -0.134. The third kappa shape index (κ3) is 2.19. The number of nitrogens with two attached hydrogens (primary N) is 1. The van der Waals surface area contributed by atoms with Crippen molar-refractivity contribution in [1.29, 1.82) is 0 Å². The normalized spacial score (nSPS) is 26.4. The molecule has 0 aromatic heterocycles. The Hall–Kier alpha value is -0.870. The van der Waals surface area contributed by atoms with E-state index in [1.54, 1.807) is 0 Å². The van der Waals surface area contributed by atoms with Crippen molar-refractivity contribution in [2.45, 2.75) is 25.3 Å². The topological polar surface area (TPSA) is 46.3 Å². The number of halogens is 1. The third-order valence-electron chi connectivity index (χ3n) is 3.99. The molecule has 1 aliphatic carbocycles. The van der Waals surface area contributed by atoms with Crippen LogP contribution in [0.3, 0.4) is 0 Å². The van der Waals surface area contributed by atoms with Gasteiger partial charge in [0.1, 0.15) is 0 Å². The van der Waals surface area contributed by atoms with Gasteiger partial charge >= 0.3 is 0 Å². The van der Waals surface area contributed by atoms with Crippen molar-refractivity contribution in [1.82, 2.24) is 4.90 Å². The Kier molecular flexibility index (Phi) is 3.16. The zero-order valence-electron chi connectivity index (χ0n) is 10.2. The third-order valence-corrected chi connectivity index (χ3v) is 4.48. The van der Waals surface area contributed by atoms with Crippen molar-refractivity contribution in [3.63, 3.8) is 0 Å². The Labute approximate surface area is 115 Å². The molecule has 3 rings (SSSR count). The summed E-state index contributed by atoms with van der Waals surface area (Å²) in [4.78, 5) is 14.3. The van der Waals surface area contributed by atoms with E-state index in [-0.39, 0.29) is 17.9 Å². The van der Waals surface area contributed by atoms with E-state index in [0.717, 1.165) is 36.8 Å². The predicted octanol–water partition coefficient (Wildman–Crippen LogP) is 1.72. The number of benzene rings is 1. The van der Waals surface area contributed by atoms with Crippen molar-refractivity contribution in [3.8, 4) is 0 Å². The van der Waals surface area contributed by atoms with Crippen LogP contribution in [0.25, 0.3) is 0 Å². The fraction of sp³-hybridized carbons (Fsp3) is 0.500. The second-order valence-electron chi connectivity index (χ2n) is 5.35. The monoisotopic (exact) mass is 308 g/mol. The van der Waals surface area contributed by atoms with Gasteiger partial charge in [0.25, 0.3) is 0 Å². The molecular formula is C14H17BrN2O. The molecule has 1 fully saturated rings. The minimum absolute atomic E-state index is 0.125. The van der Waals surface area contributed by atoms with Gasteiger partial charge < -0.3 is 10.6 Å². The molecule has 0 bridgehead atoms. The van der Waals surface area contributed by atoms with Gasteiger partial charge in [-0.15, -0.1) is 0 Å². The van der Waals surface area contributed by atoms with Crippen LogP contribution < -0.4 is 5.73 Å². The molecule has 1 aromatic rings. The van der Waals surface area contributed by atoms with Gasteiger partial charge in [-0.2, -0.15) is 0 Å². The summed E-state index contributed by atoms with van der Waals surface area (Å²) in [7, 11) is 0. The quantitative estimate of drug-likeness (QED) is 0.859. The zero-order valence-corrected chi connectivity index (χ0v) is 11.8. The molecule has 2 aliphatic rings. The average molecular weight is 309 g/mol. The van der Waals surface area contributed by atoms with E-state index >= 15 is 0 Å². The highest BCUT2D eigenvalue weighted by atomic mass is 79.9. The van der Waals surface area contributed by atoms with Gasteiger partial charge in [-0.05, 0) is 42.5 Å². The van der Waals surface area contributed by atoms with Crippen LogP contribution in [0.15, 0.2) is 22.7 Å². The zero-order chi connectivity index (χ0) is 12.7. The molecule has 1 aliphatic heterocycles. The summed E-state index contributed by atoms with van der Waals surface area (Å²) in [6.07, 6.45) is 2.70. The van der Waals surface area contributed by atoms with Crippen LogP contribution in [0.1, 0.15) is 17.5 Å². The molecule has 1 aromatic carbocycles. The smallest absolute Gasteiger partial charge is 0.226 e. The maximum absolute atomic E-state index is 12.4. The Morgan fingerprint density at radius 1 is 1.33 bits per heavy atom. The van der Waals surface area contributed by atoms with Crippen molar-refractivity contribution in [3.05, 3.63) is 33.8 Å². The van der Waals surface area contributed by atoms with Gasteiger partial charge in [0.05, 0.1) is 0 Å². The maximum atomic E-state index is 12.4. The van der Waals surface area contributed by atoms with Crippen LogP contribution in [0, 0.1) is 5.92 Å². The molecule has 2 atom stereocenters. The van der Waals surface area contributed by atoms with Gasteiger partial charge in [-0.25, -0.2) is 0 Å². The van der Waals surface area contributed by atoms with E-state index in [4.69, 9.17) is 5.73 Å². The summed E-state index contributed by atoms with van der Waals surface area (Å²) in [6, 6.07) is 6.49. The van der Waals surface area contributed by atoms with Gasteiger partial charge in [-0.1, -0.05) is 22.0 Å². The molecule has 4 heteroatoms. The van der Waals surface area contributed by atoms with Gasteiger partial charge in [0.15, 0.2) is 0 Å². The molecule has 96 valence electrons. The van der Waals surface area contributed by atoms with Gasteiger partial charge in [0.2, 0.25) is 5.91 Å². The first-order chi connectivity index (χ1) is 8.63. The van der Waals surface area contributed by atoms with Gasteiger partial charge in [0, 0.05) is 29.5 Å². The SMILES string of the molecule is NC1CCN(C(=O)C2Cc3ccc(Br)cc3C2)C1. The van der Waals surface area contributed by atoms with E-state index in [9.17, 15) is 4.79 Å². The summed E-state index contributed by atoms with van der Waals surface area (Å²) in [5, 5.41) is 0. The summed E-state index contributed by atoms with van der Waals surface area (Å²) in [5.41, 5.74) is 8.50. The highest BCUT2D eigenvalue weighted by molar-refractivity contribution is 9.10. The van der Waals surface area contributed by atoms with E-state index in [1.165, 1.54) is 11.1 Å². The van der Waals surface area contributed by atoms with Crippen molar-refractivity contribution >= 4 is 21.8 Å². The first kappa shape index (κ1) is 12.2. The second-order valence-corrected chi connectivity index (χ2v) is 6.27. The number of carbonyl (C=O) groups is 1. The number of rotatable bonds is 1. The highest BCUT2D eigenvalue weighted by Gasteiger charge is 2.33. The molecule has 2 N–H and O–H groups in total. The minimum Gasteiger partial charge on any atom is -0.341 e. The van der Waals surface area contributed by atoms with Crippen molar-refractivity contribution in [2.24, 2.45) is 11.7 Å². The van der Waals surface area contributed by atoms with Crippen molar-refractivity contribution in [2.75, 3.05) is 13.1 Å². The van der Waals surface area contributed by atoms with E-state index < -0.39 is 0 Å². The van der Waals surface area contributed by atoms with Crippen LogP contribution in [0.5, 0.6) is 0 Å². The summed E-state index contributed by atoms with van der Waals surface area (Å²) in [5.74, 6) is 0.412. The number of likely N-dealkylation sites (tertiary alicyclic amines) is 1. The largest absolute Gasteiger partial charge is 0.341 e. The standard InChI is InChI=1S/C14H17BrN2O/c15-12-2-1-9-5-11(6-10(9)7-12)14(18)17-4-3-13(16)8-17/h1-2,7,11,13H,3-6,8,16H2. The predicted molar refractivity (Wildman–Crippen MR) is 74.2 cm³/mol. The molecule has 0 spiro atoms. The molecule has 3 nitrogen and oxygen atoms in total. The van der Waals surface area contributed by atoms with Crippen LogP contribution >= 0.6 is 15.9 Å². The van der Waals surface area contributed by atoms with E-state index in [1.807, 2.05) is 4.90 Å². The number of nitrogens with zero attached hydrogens (tertiary/aromatic N) is 1. The Bertz CT molecular complexity index is 489. The lowest BCUT2D eigenvalue weighted by Crippen LogP contribution is -2.36. The number of amides is 1. The lowest BCUT2D eigenvalue weighted by atomic mass is 10.1. The summed E-state index contributed by atoms with van der Waals surface area (Å²) in [6.45, 7) is 1.56. The highest BCUT2D eigenvalue weighted by Crippen LogP contribution is 2.30. The van der Waals surface area contributed by atoms with Crippen LogP contribution in [0.2, 0.25) is 0 Å². The fourth-order valence-corrected chi connectivity index (χ4v) is 3.42. The van der Waals surface area contributed by atoms with Crippen LogP contribution in [0.4, 0.5) is 0 Å². The van der Waals surface area contributed by atoms with Crippen LogP contribution in [-0.4, -0.2) is 29.9 Å². The van der Waals surface area contributed by atoms with E-state index in [0.29, 0.717) is 0 Å². The summed E-state index contributed by atoms with van der Waals surface area (Å²) >= 11 is 3.48. The number of hydrogen-bond acceptors (Lipinski definition) is 2. The number of carbonyl (C=O) groups excluding carboxylic acids is 1. The second kappa shape index (κ2) is 4.67. The van der Waals surface area contributed by atoms with Gasteiger partial charge in [-0.3, -0.25) is 4.79 Å². The maximum Gasteiger partial charge on any atom is 0.226 e. The van der Waals surface area contributed by atoms with Crippen molar-refractivity contribution < 1.29 is 4.79 Å². The Morgan fingerprint density at radius 3 is 2.83 bits per heavy atom. The molecule has 1 heterocycles. The molecule has 0 radical (unpaired) electrons. The minimum atomic E-state index is 0.125. The first-order valence-corrected chi connectivity index (χ1v) is 7.24. The number of hydrogen-bond donors (Lipinski definition) is 1. The molecule has 0 saturated carbocycles. The molecule has 2 unspecified atom stereocenters.